The van der Waals surface area contributed by atoms with Crippen LogP contribution in [0.15, 0.2) is 42.7 Å². The van der Waals surface area contributed by atoms with Crippen LogP contribution in [0, 0.1) is 6.92 Å². The second-order valence-corrected chi connectivity index (χ2v) is 4.75. The van der Waals surface area contributed by atoms with Crippen LogP contribution in [0.3, 0.4) is 0 Å². The topological polar surface area (TPSA) is 48.1 Å². The van der Waals surface area contributed by atoms with E-state index < -0.39 is 0 Å². The van der Waals surface area contributed by atoms with Crippen LogP contribution in [0.5, 0.6) is 5.75 Å². The maximum absolute atomic E-state index is 6.29. The van der Waals surface area contributed by atoms with Crippen molar-refractivity contribution in [1.82, 2.24) is 4.98 Å². The summed E-state index contributed by atoms with van der Waals surface area (Å²) >= 11 is 0. The van der Waals surface area contributed by atoms with Crippen molar-refractivity contribution in [2.45, 2.75) is 25.8 Å². The molecule has 0 fully saturated rings. The molecule has 1 atom stereocenters. The number of aromatic nitrogens is 1. The predicted octanol–water partition coefficient (Wildman–Crippen LogP) is 3.03. The van der Waals surface area contributed by atoms with Crippen molar-refractivity contribution in [3.63, 3.8) is 0 Å². The molecule has 0 bridgehead atoms. The highest BCUT2D eigenvalue weighted by Crippen LogP contribution is 2.27. The quantitative estimate of drug-likeness (QED) is 0.894. The van der Waals surface area contributed by atoms with Crippen LogP contribution in [0.2, 0.25) is 0 Å². The molecule has 2 rings (SSSR count). The highest BCUT2D eigenvalue weighted by atomic mass is 16.5. The number of aryl methyl sites for hydroxylation is 2. The first-order chi connectivity index (χ1) is 9.20. The van der Waals surface area contributed by atoms with Gasteiger partial charge >= 0.3 is 0 Å². The van der Waals surface area contributed by atoms with Gasteiger partial charge in [-0.1, -0.05) is 23.8 Å². The molecule has 19 heavy (non-hydrogen) atoms. The van der Waals surface area contributed by atoms with Crippen molar-refractivity contribution in [3.8, 4) is 5.75 Å². The van der Waals surface area contributed by atoms with Gasteiger partial charge in [0.15, 0.2) is 0 Å². The van der Waals surface area contributed by atoms with Gasteiger partial charge in [-0.3, -0.25) is 4.98 Å². The second kappa shape index (κ2) is 6.34. The van der Waals surface area contributed by atoms with Gasteiger partial charge in [0.05, 0.1) is 7.11 Å². The number of methoxy groups -OCH3 is 1. The highest BCUT2D eigenvalue weighted by Gasteiger charge is 2.12. The molecule has 0 radical (unpaired) electrons. The van der Waals surface area contributed by atoms with Crippen LogP contribution in [0.25, 0.3) is 0 Å². The van der Waals surface area contributed by atoms with Crippen molar-refractivity contribution < 1.29 is 4.74 Å². The van der Waals surface area contributed by atoms with E-state index in [1.165, 1.54) is 11.1 Å². The van der Waals surface area contributed by atoms with Gasteiger partial charge in [0.1, 0.15) is 5.75 Å². The van der Waals surface area contributed by atoms with Gasteiger partial charge in [0.2, 0.25) is 0 Å². The zero-order valence-corrected chi connectivity index (χ0v) is 11.5. The zero-order chi connectivity index (χ0) is 13.7. The predicted molar refractivity (Wildman–Crippen MR) is 77.2 cm³/mol. The average molecular weight is 256 g/mol. The lowest BCUT2D eigenvalue weighted by molar-refractivity contribution is 0.404. The molecule has 2 N–H and O–H groups in total. The Balaban J connectivity index is 2.07. The van der Waals surface area contributed by atoms with Gasteiger partial charge < -0.3 is 10.5 Å². The van der Waals surface area contributed by atoms with E-state index in [0.717, 1.165) is 24.2 Å². The second-order valence-electron chi connectivity index (χ2n) is 4.75. The molecule has 1 unspecified atom stereocenters. The van der Waals surface area contributed by atoms with E-state index in [4.69, 9.17) is 10.5 Å². The molecule has 1 aromatic heterocycles. The summed E-state index contributed by atoms with van der Waals surface area (Å²) < 4.78 is 5.38. The van der Waals surface area contributed by atoms with Crippen LogP contribution in [-0.2, 0) is 6.42 Å². The third kappa shape index (κ3) is 3.55. The van der Waals surface area contributed by atoms with E-state index >= 15 is 0 Å². The lowest BCUT2D eigenvalue weighted by Gasteiger charge is -2.16. The van der Waals surface area contributed by atoms with Gasteiger partial charge in [0, 0.05) is 24.0 Å². The summed E-state index contributed by atoms with van der Waals surface area (Å²) in [6.45, 7) is 2.07. The summed E-state index contributed by atoms with van der Waals surface area (Å²) in [5.41, 5.74) is 9.78. The number of nitrogens with zero attached hydrogens (tertiary/aromatic N) is 1. The van der Waals surface area contributed by atoms with Gasteiger partial charge in [-0.25, -0.2) is 0 Å². The summed E-state index contributed by atoms with van der Waals surface area (Å²) in [4.78, 5) is 4.12. The Labute approximate surface area is 114 Å². The van der Waals surface area contributed by atoms with Crippen molar-refractivity contribution in [3.05, 3.63) is 59.4 Å². The molecule has 100 valence electrons. The monoisotopic (exact) mass is 256 g/mol. The fourth-order valence-electron chi connectivity index (χ4n) is 2.17. The fraction of sp³-hybridized carbons (Fsp3) is 0.312. The number of rotatable bonds is 5. The molecule has 3 heteroatoms. The van der Waals surface area contributed by atoms with Crippen LogP contribution < -0.4 is 10.5 Å². The largest absolute Gasteiger partial charge is 0.496 e. The number of nitrogens with two attached hydrogens (primary N) is 1. The van der Waals surface area contributed by atoms with Crippen LogP contribution in [-0.4, -0.2) is 12.1 Å². The van der Waals surface area contributed by atoms with E-state index in [2.05, 4.69) is 24.0 Å². The van der Waals surface area contributed by atoms with Crippen molar-refractivity contribution in [2.24, 2.45) is 5.73 Å². The van der Waals surface area contributed by atoms with E-state index in [1.54, 1.807) is 13.3 Å². The smallest absolute Gasteiger partial charge is 0.123 e. The summed E-state index contributed by atoms with van der Waals surface area (Å²) in [6.07, 6.45) is 5.48. The molecule has 1 aromatic carbocycles. The van der Waals surface area contributed by atoms with Crippen LogP contribution >= 0.6 is 0 Å². The maximum Gasteiger partial charge on any atom is 0.123 e. The Hall–Kier alpha value is -1.87. The third-order valence-corrected chi connectivity index (χ3v) is 3.25. The molecule has 0 saturated heterocycles. The lowest BCUT2D eigenvalue weighted by atomic mass is 9.98. The number of ether oxygens (including phenoxy) is 1. The zero-order valence-electron chi connectivity index (χ0n) is 11.5. The Morgan fingerprint density at radius 3 is 2.84 bits per heavy atom. The first kappa shape index (κ1) is 13.6. The molecule has 0 amide bonds. The van der Waals surface area contributed by atoms with Crippen molar-refractivity contribution in [1.29, 1.82) is 0 Å². The average Bonchev–Trinajstić information content (AvgIpc) is 2.46. The minimum atomic E-state index is -0.0185. The third-order valence-electron chi connectivity index (χ3n) is 3.25. The molecule has 2 aromatic rings. The molecular formula is C16H20N2O. The number of pyridine rings is 1. The molecule has 0 saturated carbocycles. The Bertz CT molecular complexity index is 526. The van der Waals surface area contributed by atoms with Gasteiger partial charge in [-0.2, -0.15) is 0 Å². The number of hydrogen-bond acceptors (Lipinski definition) is 3. The minimum Gasteiger partial charge on any atom is -0.496 e. The Morgan fingerprint density at radius 1 is 1.32 bits per heavy atom. The highest BCUT2D eigenvalue weighted by molar-refractivity contribution is 5.39. The molecule has 0 aliphatic carbocycles. The summed E-state index contributed by atoms with van der Waals surface area (Å²) in [6, 6.07) is 10.1. The van der Waals surface area contributed by atoms with Crippen molar-refractivity contribution >= 4 is 0 Å². The Morgan fingerprint density at radius 2 is 2.16 bits per heavy atom. The van der Waals surface area contributed by atoms with Gasteiger partial charge in [-0.15, -0.1) is 0 Å². The van der Waals surface area contributed by atoms with E-state index in [-0.39, 0.29) is 6.04 Å². The van der Waals surface area contributed by atoms with Crippen LogP contribution in [0.1, 0.15) is 29.2 Å². The maximum atomic E-state index is 6.29. The lowest BCUT2D eigenvalue weighted by Crippen LogP contribution is -2.13. The summed E-state index contributed by atoms with van der Waals surface area (Å²) in [7, 11) is 1.68. The van der Waals surface area contributed by atoms with Gasteiger partial charge in [0.25, 0.3) is 0 Å². The standard InChI is InChI=1S/C16H20N2O/c1-12-5-8-16(19-2)14(10-12)15(17)7-6-13-4-3-9-18-11-13/h3-5,8-11,15H,6-7,17H2,1-2H3. The first-order valence-corrected chi connectivity index (χ1v) is 6.49. The van der Waals surface area contributed by atoms with E-state index in [9.17, 15) is 0 Å². The fourth-order valence-corrected chi connectivity index (χ4v) is 2.17. The molecule has 1 heterocycles. The normalized spacial score (nSPS) is 12.2. The minimum absolute atomic E-state index is 0.0185. The van der Waals surface area contributed by atoms with Crippen molar-refractivity contribution in [2.75, 3.05) is 7.11 Å². The number of benzene rings is 1. The Kier molecular flexibility index (Phi) is 4.53. The SMILES string of the molecule is COc1ccc(C)cc1C(N)CCc1cccnc1. The molecule has 3 nitrogen and oxygen atoms in total. The summed E-state index contributed by atoms with van der Waals surface area (Å²) in [5.74, 6) is 0.865. The first-order valence-electron chi connectivity index (χ1n) is 6.49. The molecule has 0 aliphatic rings. The van der Waals surface area contributed by atoms with Crippen LogP contribution in [0.4, 0.5) is 0 Å². The van der Waals surface area contributed by atoms with Gasteiger partial charge in [-0.05, 0) is 37.5 Å². The molecule has 0 spiro atoms. The number of hydrogen-bond donors (Lipinski definition) is 1. The molecular weight excluding hydrogens is 236 g/mol. The summed E-state index contributed by atoms with van der Waals surface area (Å²) in [5, 5.41) is 0. The van der Waals surface area contributed by atoms with E-state index in [0.29, 0.717) is 0 Å². The molecule has 0 aliphatic heterocycles. The van der Waals surface area contributed by atoms with E-state index in [1.807, 2.05) is 24.4 Å².